The number of carbonyl (C=O) groups excluding carboxylic acids is 1. The van der Waals surface area contributed by atoms with E-state index in [1.165, 1.54) is 0 Å². The number of anilines is 1. The minimum Gasteiger partial charge on any atom is -0.444 e. The number of hydrogen-bond acceptors (Lipinski definition) is 4. The number of nitrogens with one attached hydrogen (secondary N) is 1. The number of rotatable bonds is 2. The number of aryl methyl sites for hydroxylation is 1. The summed E-state index contributed by atoms with van der Waals surface area (Å²) in [5, 5.41) is 2.60. The number of alkyl carbamates (subject to hydrolysis) is 1. The second-order valence-electron chi connectivity index (χ2n) is 6.43. The monoisotopic (exact) mass is 298 g/mol. The molecule has 1 aromatic heterocycles. The van der Waals surface area contributed by atoms with Crippen LogP contribution in [0.25, 0.3) is 0 Å². The molecule has 1 amide bonds. The van der Waals surface area contributed by atoms with E-state index in [4.69, 9.17) is 4.74 Å². The van der Waals surface area contributed by atoms with E-state index < -0.39 is 23.9 Å². The molecule has 0 bridgehead atoms. The van der Waals surface area contributed by atoms with Crippen LogP contribution in [0.3, 0.4) is 0 Å². The third-order valence-electron chi connectivity index (χ3n) is 3.43. The van der Waals surface area contributed by atoms with E-state index in [1.807, 2.05) is 23.4 Å². The van der Waals surface area contributed by atoms with E-state index in [2.05, 4.69) is 10.3 Å². The summed E-state index contributed by atoms with van der Waals surface area (Å²) in [5.74, 6) is 0.712. The Kier molecular flexibility index (Phi) is 4.11. The molecule has 1 aliphatic heterocycles. The number of alkyl halides is 1. The standard InChI is InChI=1S/C14H23FN4O2/c1-9-6-16-12(18(9)5)19-7-10(15)11(8-19)17-13(20)21-14(2,3)4/h6,10-11H,7-8H2,1-5H3,(H,17,20)/t10-,11-/m0/s1. The Morgan fingerprint density at radius 1 is 1.48 bits per heavy atom. The molecule has 0 saturated carbocycles. The average molecular weight is 298 g/mol. The summed E-state index contributed by atoms with van der Waals surface area (Å²) in [6.07, 6.45) is 0.0135. The lowest BCUT2D eigenvalue weighted by Gasteiger charge is -2.22. The molecular formula is C14H23FN4O2. The molecule has 0 aliphatic carbocycles. The Balaban J connectivity index is 1.98. The summed E-state index contributed by atoms with van der Waals surface area (Å²) >= 11 is 0. The lowest BCUT2D eigenvalue weighted by Crippen LogP contribution is -2.44. The molecule has 1 N–H and O–H groups in total. The van der Waals surface area contributed by atoms with Crippen molar-refractivity contribution in [2.24, 2.45) is 7.05 Å². The number of ether oxygens (including phenoxy) is 1. The number of amides is 1. The molecule has 2 heterocycles. The first-order valence-corrected chi connectivity index (χ1v) is 7.04. The number of imidazole rings is 1. The summed E-state index contributed by atoms with van der Waals surface area (Å²) < 4.78 is 21.2. The highest BCUT2D eigenvalue weighted by Crippen LogP contribution is 2.21. The van der Waals surface area contributed by atoms with E-state index in [0.29, 0.717) is 12.5 Å². The second kappa shape index (κ2) is 5.54. The van der Waals surface area contributed by atoms with E-state index in [-0.39, 0.29) is 6.54 Å². The lowest BCUT2D eigenvalue weighted by atomic mass is 10.2. The van der Waals surface area contributed by atoms with Gasteiger partial charge in [-0.1, -0.05) is 0 Å². The third-order valence-corrected chi connectivity index (χ3v) is 3.43. The quantitative estimate of drug-likeness (QED) is 0.904. The predicted octanol–water partition coefficient (Wildman–Crippen LogP) is 1.78. The maximum atomic E-state index is 14.1. The fraction of sp³-hybridized carbons (Fsp3) is 0.714. The van der Waals surface area contributed by atoms with Gasteiger partial charge in [0, 0.05) is 19.3 Å². The van der Waals surface area contributed by atoms with Crippen molar-refractivity contribution in [2.75, 3.05) is 18.0 Å². The zero-order chi connectivity index (χ0) is 15.8. The zero-order valence-corrected chi connectivity index (χ0v) is 13.2. The van der Waals surface area contributed by atoms with Crippen LogP contribution in [0.1, 0.15) is 26.5 Å². The van der Waals surface area contributed by atoms with E-state index in [1.54, 1.807) is 27.0 Å². The summed E-state index contributed by atoms with van der Waals surface area (Å²) in [4.78, 5) is 17.9. The predicted molar refractivity (Wildman–Crippen MR) is 78.2 cm³/mol. The Hall–Kier alpha value is -1.79. The largest absolute Gasteiger partial charge is 0.444 e. The molecule has 1 saturated heterocycles. The van der Waals surface area contributed by atoms with Crippen LogP contribution in [0, 0.1) is 6.92 Å². The lowest BCUT2D eigenvalue weighted by molar-refractivity contribution is 0.0490. The van der Waals surface area contributed by atoms with Gasteiger partial charge in [0.05, 0.1) is 18.8 Å². The third kappa shape index (κ3) is 3.65. The summed E-state index contributed by atoms with van der Waals surface area (Å²) in [5.41, 5.74) is 0.411. The molecule has 0 radical (unpaired) electrons. The Morgan fingerprint density at radius 2 is 2.14 bits per heavy atom. The van der Waals surface area contributed by atoms with Gasteiger partial charge in [0.1, 0.15) is 11.8 Å². The van der Waals surface area contributed by atoms with Crippen molar-refractivity contribution in [1.82, 2.24) is 14.9 Å². The van der Waals surface area contributed by atoms with Crippen molar-refractivity contribution < 1.29 is 13.9 Å². The number of halogens is 1. The van der Waals surface area contributed by atoms with Gasteiger partial charge in [0.15, 0.2) is 0 Å². The highest BCUT2D eigenvalue weighted by Gasteiger charge is 2.36. The van der Waals surface area contributed by atoms with Crippen LogP contribution in [0.15, 0.2) is 6.20 Å². The number of carbonyl (C=O) groups is 1. The fourth-order valence-corrected chi connectivity index (χ4v) is 2.30. The van der Waals surface area contributed by atoms with Crippen LogP contribution in [0.5, 0.6) is 0 Å². The van der Waals surface area contributed by atoms with Crippen molar-refractivity contribution in [3.05, 3.63) is 11.9 Å². The van der Waals surface area contributed by atoms with Crippen molar-refractivity contribution in [1.29, 1.82) is 0 Å². The average Bonchev–Trinajstić information content (AvgIpc) is 2.82. The van der Waals surface area contributed by atoms with Crippen molar-refractivity contribution in [3.63, 3.8) is 0 Å². The molecule has 2 rings (SSSR count). The highest BCUT2D eigenvalue weighted by atomic mass is 19.1. The highest BCUT2D eigenvalue weighted by molar-refractivity contribution is 5.68. The Morgan fingerprint density at radius 3 is 2.67 bits per heavy atom. The van der Waals surface area contributed by atoms with Gasteiger partial charge < -0.3 is 19.5 Å². The number of aromatic nitrogens is 2. The van der Waals surface area contributed by atoms with Gasteiger partial charge in [0.2, 0.25) is 5.95 Å². The Bertz CT molecular complexity index is 524. The van der Waals surface area contributed by atoms with Gasteiger partial charge in [-0.05, 0) is 27.7 Å². The molecule has 0 unspecified atom stereocenters. The first-order valence-electron chi connectivity index (χ1n) is 7.04. The van der Waals surface area contributed by atoms with E-state index in [0.717, 1.165) is 5.69 Å². The van der Waals surface area contributed by atoms with E-state index >= 15 is 0 Å². The number of nitrogens with zero attached hydrogens (tertiary/aromatic N) is 3. The SMILES string of the molecule is Cc1cnc(N2C[C@H](NC(=O)OC(C)(C)C)[C@@H](F)C2)n1C. The summed E-state index contributed by atoms with van der Waals surface area (Å²) in [7, 11) is 1.89. The molecule has 2 atom stereocenters. The smallest absolute Gasteiger partial charge is 0.408 e. The molecule has 6 nitrogen and oxygen atoms in total. The fourth-order valence-electron chi connectivity index (χ4n) is 2.30. The maximum absolute atomic E-state index is 14.1. The first-order chi connectivity index (χ1) is 9.67. The summed E-state index contributed by atoms with van der Waals surface area (Å²) in [6.45, 7) is 7.86. The van der Waals surface area contributed by atoms with Crippen LogP contribution >= 0.6 is 0 Å². The molecule has 0 aromatic carbocycles. The molecular weight excluding hydrogens is 275 g/mol. The van der Waals surface area contributed by atoms with Crippen molar-refractivity contribution in [3.8, 4) is 0 Å². The van der Waals surface area contributed by atoms with Crippen LogP contribution in [-0.4, -0.2) is 46.5 Å². The molecule has 1 aromatic rings. The van der Waals surface area contributed by atoms with Crippen LogP contribution in [0.4, 0.5) is 15.1 Å². The van der Waals surface area contributed by atoms with Gasteiger partial charge >= 0.3 is 6.09 Å². The Labute approximate surface area is 124 Å². The summed E-state index contributed by atoms with van der Waals surface area (Å²) in [6, 6.07) is -0.586. The van der Waals surface area contributed by atoms with Crippen molar-refractivity contribution >= 4 is 12.0 Å². The van der Waals surface area contributed by atoms with Gasteiger partial charge in [-0.2, -0.15) is 0 Å². The topological polar surface area (TPSA) is 59.4 Å². The zero-order valence-electron chi connectivity index (χ0n) is 13.2. The normalized spacial score (nSPS) is 22.5. The molecule has 7 heteroatoms. The first kappa shape index (κ1) is 15.6. The second-order valence-corrected chi connectivity index (χ2v) is 6.43. The van der Waals surface area contributed by atoms with E-state index in [9.17, 15) is 9.18 Å². The van der Waals surface area contributed by atoms with Gasteiger partial charge in [0.25, 0.3) is 0 Å². The van der Waals surface area contributed by atoms with Crippen LogP contribution in [-0.2, 0) is 11.8 Å². The molecule has 118 valence electrons. The van der Waals surface area contributed by atoms with Gasteiger partial charge in [-0.3, -0.25) is 0 Å². The molecule has 0 spiro atoms. The van der Waals surface area contributed by atoms with Gasteiger partial charge in [-0.25, -0.2) is 14.2 Å². The van der Waals surface area contributed by atoms with Crippen LogP contribution < -0.4 is 10.2 Å². The van der Waals surface area contributed by atoms with Crippen LogP contribution in [0.2, 0.25) is 0 Å². The maximum Gasteiger partial charge on any atom is 0.408 e. The number of hydrogen-bond donors (Lipinski definition) is 1. The minimum absolute atomic E-state index is 0.213. The molecule has 1 fully saturated rings. The molecule has 21 heavy (non-hydrogen) atoms. The minimum atomic E-state index is -1.14. The van der Waals surface area contributed by atoms with Gasteiger partial charge in [-0.15, -0.1) is 0 Å². The molecule has 1 aliphatic rings. The van der Waals surface area contributed by atoms with Crippen molar-refractivity contribution in [2.45, 2.75) is 45.5 Å².